The Morgan fingerprint density at radius 1 is 0.926 bits per heavy atom. The SMILES string of the molecule is CCCCCC[C@@H](O)C/C=C\CCCCCCCC(=O)OC(=O)C(O)CO. The highest BCUT2D eigenvalue weighted by atomic mass is 16.6. The van der Waals surface area contributed by atoms with E-state index in [9.17, 15) is 14.7 Å². The molecule has 0 aliphatic carbocycles. The van der Waals surface area contributed by atoms with E-state index in [1.54, 1.807) is 0 Å². The molecule has 3 N–H and O–H groups in total. The number of hydrogen-bond acceptors (Lipinski definition) is 6. The Labute approximate surface area is 163 Å². The van der Waals surface area contributed by atoms with Crippen molar-refractivity contribution in [3.8, 4) is 0 Å². The molecule has 0 spiro atoms. The average molecular weight is 387 g/mol. The molecule has 0 bridgehead atoms. The van der Waals surface area contributed by atoms with E-state index in [2.05, 4.69) is 23.8 Å². The number of ether oxygens (including phenoxy) is 1. The van der Waals surface area contributed by atoms with Gasteiger partial charge in [-0.3, -0.25) is 4.79 Å². The predicted molar refractivity (Wildman–Crippen MR) is 105 cm³/mol. The van der Waals surface area contributed by atoms with Gasteiger partial charge >= 0.3 is 11.9 Å². The molecular formula is C21H38O6. The zero-order valence-electron chi connectivity index (χ0n) is 16.8. The van der Waals surface area contributed by atoms with Crippen LogP contribution in [0.2, 0.25) is 0 Å². The van der Waals surface area contributed by atoms with Gasteiger partial charge in [-0.1, -0.05) is 64.0 Å². The van der Waals surface area contributed by atoms with Gasteiger partial charge in [0.15, 0.2) is 6.10 Å². The van der Waals surface area contributed by atoms with Gasteiger partial charge in [0.1, 0.15) is 0 Å². The number of esters is 2. The quantitative estimate of drug-likeness (QED) is 0.153. The van der Waals surface area contributed by atoms with Gasteiger partial charge in [0.25, 0.3) is 0 Å². The van der Waals surface area contributed by atoms with Crippen LogP contribution in [0.15, 0.2) is 12.2 Å². The summed E-state index contributed by atoms with van der Waals surface area (Å²) in [5.41, 5.74) is 0. The van der Waals surface area contributed by atoms with Crippen LogP contribution in [0.4, 0.5) is 0 Å². The summed E-state index contributed by atoms with van der Waals surface area (Å²) in [6.45, 7) is 1.43. The molecule has 0 fully saturated rings. The van der Waals surface area contributed by atoms with Gasteiger partial charge in [-0.05, 0) is 32.1 Å². The summed E-state index contributed by atoms with van der Waals surface area (Å²) in [4.78, 5) is 22.5. The number of hydrogen-bond donors (Lipinski definition) is 3. The summed E-state index contributed by atoms with van der Waals surface area (Å²) in [7, 11) is 0. The highest BCUT2D eigenvalue weighted by Crippen LogP contribution is 2.11. The molecule has 6 heteroatoms. The molecule has 0 radical (unpaired) electrons. The second-order valence-electron chi connectivity index (χ2n) is 7.01. The average Bonchev–Trinajstić information content (AvgIpc) is 2.65. The molecule has 0 heterocycles. The summed E-state index contributed by atoms with van der Waals surface area (Å²) >= 11 is 0. The molecular weight excluding hydrogens is 348 g/mol. The highest BCUT2D eigenvalue weighted by molar-refractivity contribution is 5.87. The third kappa shape index (κ3) is 16.6. The number of aliphatic hydroxyl groups excluding tert-OH is 3. The second kappa shape index (κ2) is 18.1. The molecule has 0 rings (SSSR count). The standard InChI is InChI=1S/C21H38O6/c1-2-3-4-11-14-18(23)15-12-9-7-5-6-8-10-13-16-20(25)27-21(26)19(24)17-22/h9,12,18-19,22-24H,2-8,10-11,13-17H2,1H3/b12-9-/t18-,19?/m1/s1. The van der Waals surface area contributed by atoms with E-state index in [0.717, 1.165) is 51.4 Å². The van der Waals surface area contributed by atoms with Crippen LogP contribution in [-0.2, 0) is 14.3 Å². The lowest BCUT2D eigenvalue weighted by Gasteiger charge is -2.07. The molecule has 0 aromatic carbocycles. The van der Waals surface area contributed by atoms with Crippen LogP contribution in [0.25, 0.3) is 0 Å². The third-order valence-electron chi connectivity index (χ3n) is 4.38. The van der Waals surface area contributed by atoms with E-state index in [0.29, 0.717) is 6.42 Å². The highest BCUT2D eigenvalue weighted by Gasteiger charge is 2.18. The number of rotatable bonds is 17. The molecule has 1 unspecified atom stereocenters. The first-order valence-electron chi connectivity index (χ1n) is 10.4. The van der Waals surface area contributed by atoms with Crippen LogP contribution in [0, 0.1) is 0 Å². The summed E-state index contributed by atoms with van der Waals surface area (Å²) in [6.07, 6.45) is 14.5. The Kier molecular flexibility index (Phi) is 17.3. The Morgan fingerprint density at radius 2 is 1.59 bits per heavy atom. The van der Waals surface area contributed by atoms with Gasteiger partial charge in [-0.15, -0.1) is 0 Å². The molecule has 27 heavy (non-hydrogen) atoms. The van der Waals surface area contributed by atoms with Crippen LogP contribution < -0.4 is 0 Å². The molecule has 158 valence electrons. The Hall–Kier alpha value is -1.24. The number of aliphatic hydroxyl groups is 3. The first-order valence-corrected chi connectivity index (χ1v) is 10.4. The summed E-state index contributed by atoms with van der Waals surface area (Å²) < 4.78 is 4.41. The van der Waals surface area contributed by atoms with E-state index in [1.165, 1.54) is 19.3 Å². The smallest absolute Gasteiger partial charge is 0.345 e. The fourth-order valence-electron chi connectivity index (χ4n) is 2.66. The molecule has 0 aliphatic rings. The van der Waals surface area contributed by atoms with Crippen LogP contribution in [0.5, 0.6) is 0 Å². The van der Waals surface area contributed by atoms with Gasteiger partial charge in [0, 0.05) is 6.42 Å². The van der Waals surface area contributed by atoms with Crippen molar-refractivity contribution in [1.29, 1.82) is 0 Å². The van der Waals surface area contributed by atoms with Gasteiger partial charge in [-0.25, -0.2) is 4.79 Å². The zero-order chi connectivity index (χ0) is 20.3. The fraction of sp³-hybridized carbons (Fsp3) is 0.810. The fourth-order valence-corrected chi connectivity index (χ4v) is 2.66. The van der Waals surface area contributed by atoms with Crippen LogP contribution >= 0.6 is 0 Å². The Bertz CT molecular complexity index is 407. The minimum atomic E-state index is -1.65. The topological polar surface area (TPSA) is 104 Å². The maximum Gasteiger partial charge on any atom is 0.345 e. The first-order chi connectivity index (χ1) is 13.0. The van der Waals surface area contributed by atoms with Gasteiger partial charge in [0.2, 0.25) is 0 Å². The number of unbranched alkanes of at least 4 members (excludes halogenated alkanes) is 8. The van der Waals surface area contributed by atoms with Gasteiger partial charge in [0.05, 0.1) is 12.7 Å². The van der Waals surface area contributed by atoms with E-state index in [-0.39, 0.29) is 12.5 Å². The maximum absolute atomic E-state index is 11.4. The van der Waals surface area contributed by atoms with E-state index in [1.807, 2.05) is 0 Å². The van der Waals surface area contributed by atoms with Crippen molar-refractivity contribution in [3.63, 3.8) is 0 Å². The number of carbonyl (C=O) groups is 2. The summed E-state index contributed by atoms with van der Waals surface area (Å²) in [6, 6.07) is 0. The lowest BCUT2D eigenvalue weighted by atomic mass is 10.1. The minimum absolute atomic E-state index is 0.139. The summed E-state index contributed by atoms with van der Waals surface area (Å²) in [5, 5.41) is 27.4. The van der Waals surface area contributed by atoms with Crippen molar-refractivity contribution < 1.29 is 29.6 Å². The number of carbonyl (C=O) groups excluding carboxylic acids is 2. The van der Waals surface area contributed by atoms with Gasteiger partial charge < -0.3 is 20.1 Å². The molecule has 0 aromatic heterocycles. The molecule has 0 saturated heterocycles. The lowest BCUT2D eigenvalue weighted by molar-refractivity contribution is -0.167. The van der Waals surface area contributed by atoms with Crippen molar-refractivity contribution in [2.75, 3.05) is 6.61 Å². The maximum atomic E-state index is 11.4. The minimum Gasteiger partial charge on any atom is -0.393 e. The molecule has 2 atom stereocenters. The van der Waals surface area contributed by atoms with Crippen LogP contribution in [-0.4, -0.2) is 46.1 Å². The van der Waals surface area contributed by atoms with Gasteiger partial charge in [-0.2, -0.15) is 0 Å². The van der Waals surface area contributed by atoms with Crippen molar-refractivity contribution in [3.05, 3.63) is 12.2 Å². The predicted octanol–water partition coefficient (Wildman–Crippen LogP) is 3.42. The zero-order valence-corrected chi connectivity index (χ0v) is 16.8. The Morgan fingerprint density at radius 3 is 2.30 bits per heavy atom. The second-order valence-corrected chi connectivity index (χ2v) is 7.01. The van der Waals surface area contributed by atoms with Crippen molar-refractivity contribution in [1.82, 2.24) is 0 Å². The molecule has 0 aromatic rings. The van der Waals surface area contributed by atoms with E-state index in [4.69, 9.17) is 10.2 Å². The van der Waals surface area contributed by atoms with E-state index < -0.39 is 24.6 Å². The molecule has 0 aliphatic heterocycles. The number of allylic oxidation sites excluding steroid dienone is 1. The molecule has 6 nitrogen and oxygen atoms in total. The molecule has 0 amide bonds. The van der Waals surface area contributed by atoms with Crippen molar-refractivity contribution in [2.45, 2.75) is 103 Å². The Balaban J connectivity index is 3.46. The van der Waals surface area contributed by atoms with E-state index >= 15 is 0 Å². The first kappa shape index (κ1) is 25.8. The monoisotopic (exact) mass is 386 g/mol. The van der Waals surface area contributed by atoms with Crippen LogP contribution in [0.1, 0.15) is 90.4 Å². The molecule has 0 saturated carbocycles. The van der Waals surface area contributed by atoms with Crippen LogP contribution in [0.3, 0.4) is 0 Å². The third-order valence-corrected chi connectivity index (χ3v) is 4.38. The largest absolute Gasteiger partial charge is 0.393 e. The van der Waals surface area contributed by atoms with Crippen molar-refractivity contribution in [2.24, 2.45) is 0 Å². The van der Waals surface area contributed by atoms with Crippen molar-refractivity contribution >= 4 is 11.9 Å². The lowest BCUT2D eigenvalue weighted by Crippen LogP contribution is -2.28. The summed E-state index contributed by atoms with van der Waals surface area (Å²) in [5.74, 6) is -1.76. The normalized spacial score (nSPS) is 13.6.